The van der Waals surface area contributed by atoms with Crippen LogP contribution in [0.15, 0.2) is 18.2 Å². The first-order valence-corrected chi connectivity index (χ1v) is 8.52. The average Bonchev–Trinajstić information content (AvgIpc) is 3.09. The predicted octanol–water partition coefficient (Wildman–Crippen LogP) is 1.74. The smallest absolute Gasteiger partial charge is 0.251 e. The maximum absolute atomic E-state index is 12.5. The molecular formula is C18H26N2O3. The van der Waals surface area contributed by atoms with Crippen LogP contribution in [0.5, 0.6) is 0 Å². The first-order valence-electron chi connectivity index (χ1n) is 8.52. The maximum Gasteiger partial charge on any atom is 0.251 e. The van der Waals surface area contributed by atoms with Crippen molar-refractivity contribution in [2.24, 2.45) is 0 Å². The summed E-state index contributed by atoms with van der Waals surface area (Å²) in [4.78, 5) is 14.8. The lowest BCUT2D eigenvalue weighted by atomic mass is 10.0. The second kappa shape index (κ2) is 7.90. The Hall–Kier alpha value is -1.43. The molecule has 2 saturated heterocycles. The van der Waals surface area contributed by atoms with Gasteiger partial charge in [-0.3, -0.25) is 9.69 Å². The molecule has 1 aromatic carbocycles. The number of hydrogen-bond acceptors (Lipinski definition) is 4. The highest BCUT2D eigenvalue weighted by atomic mass is 16.5. The largest absolute Gasteiger partial charge is 0.379 e. The van der Waals surface area contributed by atoms with Crippen molar-refractivity contribution in [3.8, 4) is 0 Å². The van der Waals surface area contributed by atoms with Crippen molar-refractivity contribution in [1.82, 2.24) is 10.2 Å². The van der Waals surface area contributed by atoms with Crippen LogP contribution in [0, 0.1) is 6.92 Å². The monoisotopic (exact) mass is 318 g/mol. The van der Waals surface area contributed by atoms with E-state index in [1.807, 2.05) is 19.1 Å². The average molecular weight is 318 g/mol. The molecular weight excluding hydrogens is 292 g/mol. The molecule has 0 aromatic heterocycles. The fourth-order valence-corrected chi connectivity index (χ4v) is 3.14. The number of nitrogens with one attached hydrogen (secondary N) is 1. The number of amides is 1. The standard InChI is InChI=1S/C18H26N2O3/c1-14-4-5-15(13-20-6-9-22-10-7-20)11-17(14)18(21)19-12-16-3-2-8-23-16/h4-5,11,16H,2-3,6-10,12-13H2,1H3,(H,19,21)/t16-/m1/s1. The van der Waals surface area contributed by atoms with Crippen LogP contribution in [-0.2, 0) is 16.0 Å². The van der Waals surface area contributed by atoms with E-state index in [1.54, 1.807) is 0 Å². The summed E-state index contributed by atoms with van der Waals surface area (Å²) < 4.78 is 10.9. The van der Waals surface area contributed by atoms with Gasteiger partial charge in [0.15, 0.2) is 0 Å². The van der Waals surface area contributed by atoms with Crippen LogP contribution in [-0.4, -0.2) is 56.4 Å². The predicted molar refractivity (Wildman–Crippen MR) is 88.6 cm³/mol. The third kappa shape index (κ3) is 4.53. The van der Waals surface area contributed by atoms with E-state index in [2.05, 4.69) is 16.3 Å². The summed E-state index contributed by atoms with van der Waals surface area (Å²) in [5.41, 5.74) is 2.97. The fourth-order valence-electron chi connectivity index (χ4n) is 3.14. The van der Waals surface area contributed by atoms with E-state index in [-0.39, 0.29) is 12.0 Å². The first kappa shape index (κ1) is 16.4. The van der Waals surface area contributed by atoms with Gasteiger partial charge in [0, 0.05) is 38.3 Å². The summed E-state index contributed by atoms with van der Waals surface area (Å²) >= 11 is 0. The Bertz CT molecular complexity index is 535. The molecule has 0 radical (unpaired) electrons. The van der Waals surface area contributed by atoms with Crippen LogP contribution in [0.3, 0.4) is 0 Å². The number of morpholine rings is 1. The van der Waals surface area contributed by atoms with Gasteiger partial charge in [-0.25, -0.2) is 0 Å². The van der Waals surface area contributed by atoms with E-state index in [9.17, 15) is 4.79 Å². The summed E-state index contributed by atoms with van der Waals surface area (Å²) in [7, 11) is 0. The summed E-state index contributed by atoms with van der Waals surface area (Å²) in [6, 6.07) is 6.17. The molecule has 0 spiro atoms. The van der Waals surface area contributed by atoms with E-state index in [0.29, 0.717) is 6.54 Å². The fraction of sp³-hybridized carbons (Fsp3) is 0.611. The van der Waals surface area contributed by atoms with Crippen molar-refractivity contribution in [1.29, 1.82) is 0 Å². The van der Waals surface area contributed by atoms with Crippen molar-refractivity contribution in [2.75, 3.05) is 39.5 Å². The molecule has 1 N–H and O–H groups in total. The minimum Gasteiger partial charge on any atom is -0.379 e. The molecule has 2 heterocycles. The quantitative estimate of drug-likeness (QED) is 0.898. The number of aryl methyl sites for hydroxylation is 1. The third-order valence-corrected chi connectivity index (χ3v) is 4.57. The second-order valence-electron chi connectivity index (χ2n) is 6.38. The molecule has 0 bridgehead atoms. The van der Waals surface area contributed by atoms with Crippen LogP contribution in [0.4, 0.5) is 0 Å². The van der Waals surface area contributed by atoms with E-state index in [1.165, 1.54) is 5.56 Å². The highest BCUT2D eigenvalue weighted by Crippen LogP contribution is 2.15. The van der Waals surface area contributed by atoms with Gasteiger partial charge in [0.05, 0.1) is 19.3 Å². The molecule has 0 aliphatic carbocycles. The van der Waals surface area contributed by atoms with Gasteiger partial charge in [0.25, 0.3) is 5.91 Å². The lowest BCUT2D eigenvalue weighted by Gasteiger charge is -2.26. The zero-order valence-electron chi connectivity index (χ0n) is 13.8. The lowest BCUT2D eigenvalue weighted by molar-refractivity contribution is 0.0342. The Morgan fingerprint density at radius 2 is 2.13 bits per heavy atom. The molecule has 5 heteroatoms. The molecule has 2 fully saturated rings. The van der Waals surface area contributed by atoms with Crippen LogP contribution < -0.4 is 5.32 Å². The minimum atomic E-state index is 0.00169. The number of carbonyl (C=O) groups is 1. The van der Waals surface area contributed by atoms with Crippen LogP contribution in [0.2, 0.25) is 0 Å². The number of benzene rings is 1. The van der Waals surface area contributed by atoms with Crippen molar-refractivity contribution in [3.05, 3.63) is 34.9 Å². The van der Waals surface area contributed by atoms with Gasteiger partial charge in [-0.05, 0) is 37.0 Å². The number of carbonyl (C=O) groups excluding carboxylic acids is 1. The topological polar surface area (TPSA) is 50.8 Å². The molecule has 2 aliphatic rings. The van der Waals surface area contributed by atoms with Crippen molar-refractivity contribution < 1.29 is 14.3 Å². The first-order chi connectivity index (χ1) is 11.2. The molecule has 0 unspecified atom stereocenters. The Kier molecular flexibility index (Phi) is 5.65. The van der Waals surface area contributed by atoms with E-state index >= 15 is 0 Å². The highest BCUT2D eigenvalue weighted by molar-refractivity contribution is 5.95. The van der Waals surface area contributed by atoms with Gasteiger partial charge >= 0.3 is 0 Å². The normalized spacial score (nSPS) is 22.2. The van der Waals surface area contributed by atoms with Crippen molar-refractivity contribution in [3.63, 3.8) is 0 Å². The van der Waals surface area contributed by atoms with Gasteiger partial charge in [0.2, 0.25) is 0 Å². The Morgan fingerprint density at radius 3 is 2.87 bits per heavy atom. The molecule has 1 aromatic rings. The number of nitrogens with zero attached hydrogens (tertiary/aromatic N) is 1. The van der Waals surface area contributed by atoms with Gasteiger partial charge in [-0.2, -0.15) is 0 Å². The van der Waals surface area contributed by atoms with E-state index in [4.69, 9.17) is 9.47 Å². The van der Waals surface area contributed by atoms with Crippen LogP contribution in [0.25, 0.3) is 0 Å². The summed E-state index contributed by atoms with van der Waals surface area (Å²) in [6.07, 6.45) is 2.31. The molecule has 23 heavy (non-hydrogen) atoms. The molecule has 1 atom stereocenters. The van der Waals surface area contributed by atoms with Crippen LogP contribution >= 0.6 is 0 Å². The number of rotatable bonds is 5. The summed E-state index contributed by atoms with van der Waals surface area (Å²) in [5.74, 6) is 0.00169. The molecule has 1 amide bonds. The SMILES string of the molecule is Cc1ccc(CN2CCOCC2)cc1C(=O)NC[C@H]1CCCO1. The molecule has 3 rings (SSSR count). The molecule has 2 aliphatic heterocycles. The zero-order valence-corrected chi connectivity index (χ0v) is 13.8. The number of hydrogen-bond donors (Lipinski definition) is 1. The number of ether oxygens (including phenoxy) is 2. The van der Waals surface area contributed by atoms with E-state index < -0.39 is 0 Å². The summed E-state index contributed by atoms with van der Waals surface area (Å²) in [6.45, 7) is 7.76. The highest BCUT2D eigenvalue weighted by Gasteiger charge is 2.18. The van der Waals surface area contributed by atoms with Gasteiger partial charge in [0.1, 0.15) is 0 Å². The molecule has 126 valence electrons. The molecule has 0 saturated carbocycles. The second-order valence-corrected chi connectivity index (χ2v) is 6.38. The Balaban J connectivity index is 1.60. The lowest BCUT2D eigenvalue weighted by Crippen LogP contribution is -2.36. The Morgan fingerprint density at radius 1 is 1.30 bits per heavy atom. The van der Waals surface area contributed by atoms with Gasteiger partial charge in [-0.1, -0.05) is 12.1 Å². The van der Waals surface area contributed by atoms with Gasteiger partial charge in [-0.15, -0.1) is 0 Å². The molecule has 5 nitrogen and oxygen atoms in total. The van der Waals surface area contributed by atoms with Crippen molar-refractivity contribution >= 4 is 5.91 Å². The maximum atomic E-state index is 12.5. The Labute approximate surface area is 137 Å². The summed E-state index contributed by atoms with van der Waals surface area (Å²) in [5, 5.41) is 3.02. The zero-order chi connectivity index (χ0) is 16.1. The van der Waals surface area contributed by atoms with Crippen LogP contribution in [0.1, 0.15) is 34.3 Å². The van der Waals surface area contributed by atoms with Gasteiger partial charge < -0.3 is 14.8 Å². The van der Waals surface area contributed by atoms with Crippen molar-refractivity contribution in [2.45, 2.75) is 32.4 Å². The minimum absolute atomic E-state index is 0.00169. The third-order valence-electron chi connectivity index (χ3n) is 4.57. The van der Waals surface area contributed by atoms with E-state index in [0.717, 1.165) is 63.4 Å².